The van der Waals surface area contributed by atoms with Gasteiger partial charge in [-0.2, -0.15) is 0 Å². The topological polar surface area (TPSA) is 61.3 Å². The molecule has 0 radical (unpaired) electrons. The summed E-state index contributed by atoms with van der Waals surface area (Å²) >= 11 is 0. The van der Waals surface area contributed by atoms with Crippen molar-refractivity contribution in [2.75, 3.05) is 6.61 Å². The normalized spacial score (nSPS) is 11.8. The van der Waals surface area contributed by atoms with Crippen LogP contribution in [-0.4, -0.2) is 22.5 Å². The second kappa shape index (κ2) is 15.4. The first-order valence-electron chi connectivity index (χ1n) is 12.4. The van der Waals surface area contributed by atoms with E-state index in [0.29, 0.717) is 36.1 Å². The Morgan fingerprint density at radius 3 is 2.34 bits per heavy atom. The summed E-state index contributed by atoms with van der Waals surface area (Å²) in [7, 11) is 0. The first-order chi connectivity index (χ1) is 15.7. The highest BCUT2D eigenvalue weighted by Gasteiger charge is 2.16. The molecule has 32 heavy (non-hydrogen) atoms. The van der Waals surface area contributed by atoms with Gasteiger partial charge in [-0.25, -0.2) is 9.97 Å². The molecule has 0 aliphatic heterocycles. The van der Waals surface area contributed by atoms with Crippen LogP contribution in [0.5, 0.6) is 11.5 Å². The molecule has 2 aromatic rings. The number of rotatable bonds is 16. The molecule has 176 valence electrons. The fraction of sp³-hybridized carbons (Fsp3) is 0.593. The monoisotopic (exact) mass is 440 g/mol. The first kappa shape index (κ1) is 25.8. The van der Waals surface area contributed by atoms with Crippen LogP contribution in [0.1, 0.15) is 91.4 Å². The maximum Gasteiger partial charge on any atom is 0.311 e. The van der Waals surface area contributed by atoms with Crippen LogP contribution >= 0.6 is 0 Å². The maximum atomic E-state index is 12.5. The van der Waals surface area contributed by atoms with E-state index in [1.165, 1.54) is 51.3 Å². The summed E-state index contributed by atoms with van der Waals surface area (Å²) in [5, 5.41) is 0. The third-order valence-electron chi connectivity index (χ3n) is 5.75. The van der Waals surface area contributed by atoms with Crippen LogP contribution < -0.4 is 9.47 Å². The van der Waals surface area contributed by atoms with Gasteiger partial charge in [0.25, 0.3) is 0 Å². The van der Waals surface area contributed by atoms with Gasteiger partial charge in [0.15, 0.2) is 5.75 Å². The molecule has 0 aliphatic carbocycles. The van der Waals surface area contributed by atoms with Gasteiger partial charge in [-0.3, -0.25) is 4.79 Å². The molecule has 1 aromatic heterocycles. The lowest BCUT2D eigenvalue weighted by Crippen LogP contribution is -2.10. The molecule has 0 saturated carbocycles. The zero-order chi connectivity index (χ0) is 23.0. The van der Waals surface area contributed by atoms with Gasteiger partial charge in [0, 0.05) is 12.0 Å². The Morgan fingerprint density at radius 1 is 0.938 bits per heavy atom. The van der Waals surface area contributed by atoms with Crippen molar-refractivity contribution in [2.24, 2.45) is 5.92 Å². The van der Waals surface area contributed by atoms with Crippen LogP contribution in [0.4, 0.5) is 0 Å². The fourth-order valence-electron chi connectivity index (χ4n) is 3.48. The van der Waals surface area contributed by atoms with Crippen molar-refractivity contribution in [3.8, 4) is 22.8 Å². The van der Waals surface area contributed by atoms with Crippen molar-refractivity contribution in [2.45, 2.75) is 91.4 Å². The highest BCUT2D eigenvalue weighted by atomic mass is 16.5. The molecule has 1 atom stereocenters. The number of carbonyl (C=O) groups excluding carboxylic acids is 1. The summed E-state index contributed by atoms with van der Waals surface area (Å²) < 4.78 is 11.7. The number of aromatic nitrogens is 2. The minimum absolute atomic E-state index is 0.198. The molecule has 0 saturated heterocycles. The molecule has 5 heteroatoms. The van der Waals surface area contributed by atoms with Crippen molar-refractivity contribution in [3.63, 3.8) is 0 Å². The summed E-state index contributed by atoms with van der Waals surface area (Å²) in [6.45, 7) is 7.12. The van der Waals surface area contributed by atoms with Gasteiger partial charge in [-0.1, -0.05) is 90.7 Å². The maximum absolute atomic E-state index is 12.5. The molecule has 1 unspecified atom stereocenters. The summed E-state index contributed by atoms with van der Waals surface area (Å²) in [4.78, 5) is 21.0. The minimum atomic E-state index is -0.198. The number of carbonyl (C=O) groups is 1. The lowest BCUT2D eigenvalue weighted by molar-refractivity contribution is -0.134. The van der Waals surface area contributed by atoms with Crippen molar-refractivity contribution in [3.05, 3.63) is 36.8 Å². The largest absolute Gasteiger partial charge is 0.489 e. The van der Waals surface area contributed by atoms with E-state index in [1.54, 1.807) is 6.20 Å². The lowest BCUT2D eigenvalue weighted by atomic mass is 10.1. The second-order valence-corrected chi connectivity index (χ2v) is 8.61. The molecular formula is C27H40N2O3. The predicted octanol–water partition coefficient (Wildman–Crippen LogP) is 7.39. The molecule has 0 bridgehead atoms. The number of unbranched alkanes of at least 4 members (excludes halogenated alkanes) is 8. The van der Waals surface area contributed by atoms with Gasteiger partial charge >= 0.3 is 5.97 Å². The minimum Gasteiger partial charge on any atom is -0.489 e. The molecular weight excluding hydrogens is 400 g/mol. The van der Waals surface area contributed by atoms with E-state index >= 15 is 0 Å². The van der Waals surface area contributed by atoms with E-state index < -0.39 is 0 Å². The molecule has 1 heterocycles. The average Bonchev–Trinajstić information content (AvgIpc) is 2.82. The zero-order valence-corrected chi connectivity index (χ0v) is 20.1. The molecule has 0 fully saturated rings. The van der Waals surface area contributed by atoms with Crippen molar-refractivity contribution < 1.29 is 14.3 Å². The van der Waals surface area contributed by atoms with E-state index in [1.807, 2.05) is 24.3 Å². The Bertz CT molecular complexity index is 794. The van der Waals surface area contributed by atoms with Crippen molar-refractivity contribution >= 4 is 5.97 Å². The highest BCUT2D eigenvalue weighted by Crippen LogP contribution is 2.34. The molecule has 0 amide bonds. The third-order valence-corrected chi connectivity index (χ3v) is 5.75. The summed E-state index contributed by atoms with van der Waals surface area (Å²) in [6.07, 6.45) is 15.6. The highest BCUT2D eigenvalue weighted by molar-refractivity contribution is 5.78. The number of hydrogen-bond acceptors (Lipinski definition) is 5. The van der Waals surface area contributed by atoms with E-state index in [9.17, 15) is 4.79 Å². The molecule has 0 aliphatic rings. The van der Waals surface area contributed by atoms with E-state index in [-0.39, 0.29) is 5.97 Å². The predicted molar refractivity (Wildman–Crippen MR) is 130 cm³/mol. The Balaban J connectivity index is 1.87. The van der Waals surface area contributed by atoms with E-state index in [4.69, 9.17) is 9.47 Å². The van der Waals surface area contributed by atoms with Crippen LogP contribution in [0.2, 0.25) is 0 Å². The quantitative estimate of drug-likeness (QED) is 0.155. The zero-order valence-electron chi connectivity index (χ0n) is 20.1. The van der Waals surface area contributed by atoms with E-state index in [2.05, 4.69) is 30.7 Å². The van der Waals surface area contributed by atoms with Crippen LogP contribution in [0.3, 0.4) is 0 Å². The number of benzene rings is 1. The Hall–Kier alpha value is -2.43. The fourth-order valence-corrected chi connectivity index (χ4v) is 3.48. The molecule has 5 nitrogen and oxygen atoms in total. The van der Waals surface area contributed by atoms with Gasteiger partial charge in [0.1, 0.15) is 17.8 Å². The van der Waals surface area contributed by atoms with Gasteiger partial charge < -0.3 is 9.47 Å². The Kier molecular flexibility index (Phi) is 12.4. The summed E-state index contributed by atoms with van der Waals surface area (Å²) in [5.41, 5.74) is 1.39. The van der Waals surface area contributed by atoms with Gasteiger partial charge in [-0.15, -0.1) is 0 Å². The number of para-hydroxylation sites is 1. The standard InChI is InChI=1S/C27H40N2O3/c1-4-6-7-8-9-10-11-12-13-18-26(30)32-24-17-15-14-16-23(24)27-25(19-28-21-29-27)31-20-22(3)5-2/h14-17,19,21-22H,4-13,18,20H2,1-3H3. The molecule has 0 N–H and O–H groups in total. The first-order valence-corrected chi connectivity index (χ1v) is 12.4. The summed E-state index contributed by atoms with van der Waals surface area (Å²) in [5.74, 6) is 1.36. The van der Waals surface area contributed by atoms with Crippen LogP contribution in [-0.2, 0) is 4.79 Å². The Morgan fingerprint density at radius 2 is 1.62 bits per heavy atom. The van der Waals surface area contributed by atoms with Crippen molar-refractivity contribution in [1.82, 2.24) is 9.97 Å². The molecule has 1 aromatic carbocycles. The third kappa shape index (κ3) is 9.37. The number of nitrogens with zero attached hydrogens (tertiary/aromatic N) is 2. The lowest BCUT2D eigenvalue weighted by Gasteiger charge is -2.15. The smallest absolute Gasteiger partial charge is 0.311 e. The van der Waals surface area contributed by atoms with Crippen molar-refractivity contribution in [1.29, 1.82) is 0 Å². The van der Waals surface area contributed by atoms with Gasteiger partial charge in [0.05, 0.1) is 12.8 Å². The van der Waals surface area contributed by atoms with Crippen LogP contribution in [0.25, 0.3) is 11.3 Å². The molecule has 2 rings (SSSR count). The van der Waals surface area contributed by atoms with Crippen LogP contribution in [0, 0.1) is 5.92 Å². The molecule has 0 spiro atoms. The number of esters is 1. The second-order valence-electron chi connectivity index (χ2n) is 8.61. The van der Waals surface area contributed by atoms with Gasteiger partial charge in [-0.05, 0) is 24.5 Å². The Labute approximate surface area is 194 Å². The summed E-state index contributed by atoms with van der Waals surface area (Å²) in [6, 6.07) is 7.49. The van der Waals surface area contributed by atoms with E-state index in [0.717, 1.165) is 24.8 Å². The number of ether oxygens (including phenoxy) is 2. The SMILES string of the molecule is CCCCCCCCCCCC(=O)Oc1ccccc1-c1ncncc1OCC(C)CC. The van der Waals surface area contributed by atoms with Crippen LogP contribution in [0.15, 0.2) is 36.8 Å². The van der Waals surface area contributed by atoms with Gasteiger partial charge in [0.2, 0.25) is 0 Å². The average molecular weight is 441 g/mol. The number of hydrogen-bond donors (Lipinski definition) is 0.